The Balaban J connectivity index is 2.01. The molecular formula is C16H18N2OS. The van der Waals surface area contributed by atoms with Crippen molar-refractivity contribution in [1.82, 2.24) is 0 Å². The monoisotopic (exact) mass is 286 g/mol. The molecule has 0 fully saturated rings. The molecule has 2 rings (SSSR count). The number of ether oxygens (including phenoxy) is 1. The molecule has 0 radical (unpaired) electrons. The van der Waals surface area contributed by atoms with Crippen molar-refractivity contribution in [3.63, 3.8) is 0 Å². The lowest BCUT2D eigenvalue weighted by atomic mass is 10.1. The highest BCUT2D eigenvalue weighted by Gasteiger charge is 2.04. The normalized spacial score (nSPS) is 9.90. The van der Waals surface area contributed by atoms with Crippen LogP contribution in [-0.2, 0) is 6.42 Å². The van der Waals surface area contributed by atoms with Crippen molar-refractivity contribution in [3.8, 4) is 5.75 Å². The predicted octanol–water partition coefficient (Wildman–Crippen LogP) is 4.07. The van der Waals surface area contributed by atoms with E-state index in [1.165, 1.54) is 5.56 Å². The Morgan fingerprint density at radius 1 is 1.05 bits per heavy atom. The molecule has 104 valence electrons. The molecule has 2 N–H and O–H groups in total. The molecule has 0 amide bonds. The van der Waals surface area contributed by atoms with Gasteiger partial charge in [0.05, 0.1) is 12.8 Å². The van der Waals surface area contributed by atoms with Crippen LogP contribution in [-0.4, -0.2) is 12.2 Å². The van der Waals surface area contributed by atoms with E-state index in [1.54, 1.807) is 7.11 Å². The Kier molecular flexibility index (Phi) is 4.96. The van der Waals surface area contributed by atoms with Crippen LogP contribution in [0.4, 0.5) is 11.4 Å². The lowest BCUT2D eigenvalue weighted by Crippen LogP contribution is -2.19. The van der Waals surface area contributed by atoms with Gasteiger partial charge in [-0.1, -0.05) is 31.2 Å². The minimum atomic E-state index is 0.541. The molecule has 0 unspecified atom stereocenters. The molecule has 2 aromatic rings. The van der Waals surface area contributed by atoms with Gasteiger partial charge in [0.1, 0.15) is 5.75 Å². The van der Waals surface area contributed by atoms with Gasteiger partial charge in [0.15, 0.2) is 5.11 Å². The number of benzene rings is 2. The Labute approximate surface area is 125 Å². The molecule has 0 saturated heterocycles. The average Bonchev–Trinajstić information content (AvgIpc) is 2.48. The molecule has 0 aliphatic rings. The zero-order valence-electron chi connectivity index (χ0n) is 11.6. The first-order chi connectivity index (χ1) is 9.72. The molecule has 0 bridgehead atoms. The zero-order valence-corrected chi connectivity index (χ0v) is 12.5. The molecule has 3 nitrogen and oxygen atoms in total. The van der Waals surface area contributed by atoms with Crippen molar-refractivity contribution in [2.75, 3.05) is 17.7 Å². The van der Waals surface area contributed by atoms with E-state index in [9.17, 15) is 0 Å². The Morgan fingerprint density at radius 2 is 1.75 bits per heavy atom. The third-order valence-corrected chi connectivity index (χ3v) is 3.18. The van der Waals surface area contributed by atoms with Crippen LogP contribution in [0, 0.1) is 0 Å². The number of nitrogens with one attached hydrogen (secondary N) is 2. The lowest BCUT2D eigenvalue weighted by Gasteiger charge is -2.13. The molecule has 0 aliphatic carbocycles. The minimum Gasteiger partial charge on any atom is -0.495 e. The van der Waals surface area contributed by atoms with E-state index in [4.69, 9.17) is 17.0 Å². The second-order valence-corrected chi connectivity index (χ2v) is 4.74. The number of para-hydroxylation sites is 2. The summed E-state index contributed by atoms with van der Waals surface area (Å²) in [6, 6.07) is 15.9. The SMILES string of the molecule is CCc1ccc(NC(=S)Nc2ccccc2OC)cc1. The number of anilines is 2. The first kappa shape index (κ1) is 14.3. The molecule has 0 heterocycles. The summed E-state index contributed by atoms with van der Waals surface area (Å²) in [7, 11) is 1.64. The zero-order chi connectivity index (χ0) is 14.4. The van der Waals surface area contributed by atoms with Crippen molar-refractivity contribution < 1.29 is 4.74 Å². The topological polar surface area (TPSA) is 33.3 Å². The van der Waals surface area contributed by atoms with Crippen molar-refractivity contribution in [3.05, 3.63) is 54.1 Å². The van der Waals surface area contributed by atoms with E-state index >= 15 is 0 Å². The Bertz CT molecular complexity index is 581. The van der Waals surface area contributed by atoms with Gasteiger partial charge in [-0.2, -0.15) is 0 Å². The fourth-order valence-electron chi connectivity index (χ4n) is 1.86. The van der Waals surface area contributed by atoms with Gasteiger partial charge in [0, 0.05) is 5.69 Å². The molecule has 0 atom stereocenters. The predicted molar refractivity (Wildman–Crippen MR) is 88.7 cm³/mol. The summed E-state index contributed by atoms with van der Waals surface area (Å²) >= 11 is 5.31. The maximum absolute atomic E-state index is 5.31. The van der Waals surface area contributed by atoms with Crippen LogP contribution in [0.3, 0.4) is 0 Å². The fraction of sp³-hybridized carbons (Fsp3) is 0.188. The number of methoxy groups -OCH3 is 1. The van der Waals surface area contributed by atoms with E-state index in [0.29, 0.717) is 5.11 Å². The van der Waals surface area contributed by atoms with E-state index in [0.717, 1.165) is 23.5 Å². The van der Waals surface area contributed by atoms with E-state index in [1.807, 2.05) is 36.4 Å². The highest BCUT2D eigenvalue weighted by molar-refractivity contribution is 7.80. The van der Waals surface area contributed by atoms with Crippen LogP contribution in [0.15, 0.2) is 48.5 Å². The smallest absolute Gasteiger partial charge is 0.175 e. The number of hydrogen-bond acceptors (Lipinski definition) is 2. The van der Waals surface area contributed by atoms with Crippen LogP contribution in [0.25, 0.3) is 0 Å². The maximum atomic E-state index is 5.31. The molecular weight excluding hydrogens is 268 g/mol. The van der Waals surface area contributed by atoms with Gasteiger partial charge in [-0.05, 0) is 48.5 Å². The summed E-state index contributed by atoms with van der Waals surface area (Å²) in [4.78, 5) is 0. The van der Waals surface area contributed by atoms with E-state index < -0.39 is 0 Å². The van der Waals surface area contributed by atoms with Crippen molar-refractivity contribution in [1.29, 1.82) is 0 Å². The van der Waals surface area contributed by atoms with Crippen LogP contribution in [0.1, 0.15) is 12.5 Å². The Morgan fingerprint density at radius 3 is 2.40 bits per heavy atom. The molecule has 4 heteroatoms. The summed E-state index contributed by atoms with van der Waals surface area (Å²) < 4.78 is 5.28. The first-order valence-electron chi connectivity index (χ1n) is 6.53. The lowest BCUT2D eigenvalue weighted by molar-refractivity contribution is 0.417. The minimum absolute atomic E-state index is 0.541. The van der Waals surface area contributed by atoms with Crippen LogP contribution in [0.2, 0.25) is 0 Å². The summed E-state index contributed by atoms with van der Waals surface area (Å²) in [5.74, 6) is 0.762. The number of thiocarbonyl (C=S) groups is 1. The second-order valence-electron chi connectivity index (χ2n) is 4.33. The molecule has 20 heavy (non-hydrogen) atoms. The van der Waals surface area contributed by atoms with Crippen LogP contribution in [0.5, 0.6) is 5.75 Å². The van der Waals surface area contributed by atoms with Crippen LogP contribution >= 0.6 is 12.2 Å². The molecule has 0 aromatic heterocycles. The van der Waals surface area contributed by atoms with Gasteiger partial charge in [0.2, 0.25) is 0 Å². The van der Waals surface area contributed by atoms with Gasteiger partial charge in [-0.15, -0.1) is 0 Å². The summed E-state index contributed by atoms with van der Waals surface area (Å²) in [5.41, 5.74) is 3.12. The number of rotatable bonds is 4. The highest BCUT2D eigenvalue weighted by Crippen LogP contribution is 2.23. The van der Waals surface area contributed by atoms with Gasteiger partial charge in [-0.3, -0.25) is 0 Å². The summed E-state index contributed by atoms with van der Waals surface area (Å²) in [5, 5.41) is 6.83. The molecule has 0 saturated carbocycles. The van der Waals surface area contributed by atoms with Crippen molar-refractivity contribution >= 4 is 28.7 Å². The molecule has 0 spiro atoms. The number of aryl methyl sites for hydroxylation is 1. The molecule has 2 aromatic carbocycles. The van der Waals surface area contributed by atoms with Crippen LogP contribution < -0.4 is 15.4 Å². The van der Waals surface area contributed by atoms with E-state index in [2.05, 4.69) is 29.7 Å². The highest BCUT2D eigenvalue weighted by atomic mass is 32.1. The van der Waals surface area contributed by atoms with Gasteiger partial charge in [-0.25, -0.2) is 0 Å². The van der Waals surface area contributed by atoms with Crippen molar-refractivity contribution in [2.24, 2.45) is 0 Å². The first-order valence-corrected chi connectivity index (χ1v) is 6.93. The third kappa shape index (κ3) is 3.71. The quantitative estimate of drug-likeness (QED) is 0.830. The van der Waals surface area contributed by atoms with E-state index in [-0.39, 0.29) is 0 Å². The fourth-order valence-corrected chi connectivity index (χ4v) is 2.08. The van der Waals surface area contributed by atoms with Crippen molar-refractivity contribution in [2.45, 2.75) is 13.3 Å². The largest absolute Gasteiger partial charge is 0.495 e. The molecule has 0 aliphatic heterocycles. The maximum Gasteiger partial charge on any atom is 0.175 e. The standard InChI is InChI=1S/C16H18N2OS/c1-3-12-8-10-13(11-9-12)17-16(20)18-14-6-4-5-7-15(14)19-2/h4-11H,3H2,1-2H3,(H2,17,18,20). The third-order valence-electron chi connectivity index (χ3n) is 2.98. The second kappa shape index (κ2) is 6.91. The number of hydrogen-bond donors (Lipinski definition) is 2. The average molecular weight is 286 g/mol. The van der Waals surface area contributed by atoms with Gasteiger partial charge in [0.25, 0.3) is 0 Å². The van der Waals surface area contributed by atoms with Gasteiger partial charge >= 0.3 is 0 Å². The summed E-state index contributed by atoms with van der Waals surface area (Å²) in [6.45, 7) is 2.14. The van der Waals surface area contributed by atoms with Gasteiger partial charge < -0.3 is 15.4 Å². The summed E-state index contributed by atoms with van der Waals surface area (Å²) in [6.07, 6.45) is 1.03. The Hall–Kier alpha value is -2.07.